The Morgan fingerprint density at radius 3 is 2.81 bits per heavy atom. The van der Waals surface area contributed by atoms with Gasteiger partial charge in [-0.2, -0.15) is 5.10 Å². The number of anilines is 1. The summed E-state index contributed by atoms with van der Waals surface area (Å²) in [5, 5.41) is 10.1. The quantitative estimate of drug-likeness (QED) is 0.860. The Morgan fingerprint density at radius 1 is 1.38 bits per heavy atom. The summed E-state index contributed by atoms with van der Waals surface area (Å²) in [6, 6.07) is 6.34. The fourth-order valence-electron chi connectivity index (χ4n) is 3.37. The number of nitrogens with zero attached hydrogens (tertiary/aromatic N) is 2. The van der Waals surface area contributed by atoms with Gasteiger partial charge in [0.15, 0.2) is 0 Å². The number of ether oxygens (including phenoxy) is 1. The van der Waals surface area contributed by atoms with Crippen molar-refractivity contribution in [1.82, 2.24) is 15.1 Å². The lowest BCUT2D eigenvalue weighted by atomic mass is 9.74. The van der Waals surface area contributed by atoms with Crippen molar-refractivity contribution in [3.63, 3.8) is 0 Å². The number of aryl methyl sites for hydroxylation is 2. The van der Waals surface area contributed by atoms with Gasteiger partial charge in [0.1, 0.15) is 5.82 Å². The van der Waals surface area contributed by atoms with Crippen LogP contribution in [0, 0.1) is 12.7 Å². The number of benzene rings is 1. The first-order chi connectivity index (χ1) is 12.5. The molecule has 26 heavy (non-hydrogen) atoms. The Morgan fingerprint density at radius 2 is 2.15 bits per heavy atom. The molecule has 2 N–H and O–H groups in total. The number of nitrogens with one attached hydrogen (secondary N) is 2. The van der Waals surface area contributed by atoms with Gasteiger partial charge in [-0.15, -0.1) is 0 Å². The van der Waals surface area contributed by atoms with Crippen LogP contribution >= 0.6 is 0 Å². The summed E-state index contributed by atoms with van der Waals surface area (Å²) in [6.45, 7) is 6.21. The molecule has 1 aromatic heterocycles. The molecule has 140 valence electrons. The Kier molecular flexibility index (Phi) is 5.56. The first kappa shape index (κ1) is 18.4. The maximum Gasteiger partial charge on any atom is 0.319 e. The summed E-state index contributed by atoms with van der Waals surface area (Å²) in [5.74, 6) is -0.263. The summed E-state index contributed by atoms with van der Waals surface area (Å²) >= 11 is 0. The third kappa shape index (κ3) is 4.04. The highest BCUT2D eigenvalue weighted by atomic mass is 19.1. The zero-order valence-electron chi connectivity index (χ0n) is 15.2. The molecule has 1 fully saturated rings. The smallest absolute Gasteiger partial charge is 0.319 e. The van der Waals surface area contributed by atoms with Crippen LogP contribution in [0.5, 0.6) is 0 Å². The summed E-state index contributed by atoms with van der Waals surface area (Å²) in [5.41, 5.74) is 2.04. The van der Waals surface area contributed by atoms with Gasteiger partial charge in [-0.3, -0.25) is 4.68 Å². The van der Waals surface area contributed by atoms with Crippen molar-refractivity contribution in [2.45, 2.75) is 38.6 Å². The molecular weight excluding hydrogens is 335 g/mol. The number of hydrogen-bond donors (Lipinski definition) is 2. The van der Waals surface area contributed by atoms with Gasteiger partial charge in [0.2, 0.25) is 0 Å². The fraction of sp³-hybridized carbons (Fsp3) is 0.474. The van der Waals surface area contributed by atoms with E-state index in [1.54, 1.807) is 16.8 Å². The lowest BCUT2D eigenvalue weighted by Crippen LogP contribution is -2.45. The molecule has 1 saturated heterocycles. The van der Waals surface area contributed by atoms with Crippen LogP contribution in [-0.2, 0) is 16.7 Å². The van der Waals surface area contributed by atoms with Crippen LogP contribution in [0.4, 0.5) is 14.9 Å². The summed E-state index contributed by atoms with van der Waals surface area (Å²) < 4.78 is 21.0. The maximum atomic E-state index is 13.7. The molecule has 0 saturated carbocycles. The minimum absolute atomic E-state index is 0.263. The van der Waals surface area contributed by atoms with Crippen LogP contribution in [0.1, 0.15) is 31.0 Å². The molecule has 2 heterocycles. The van der Waals surface area contributed by atoms with Crippen LogP contribution < -0.4 is 10.6 Å². The molecule has 1 aliphatic heterocycles. The normalized spacial score (nSPS) is 16.3. The van der Waals surface area contributed by atoms with E-state index in [2.05, 4.69) is 15.7 Å². The van der Waals surface area contributed by atoms with E-state index in [1.807, 2.05) is 26.1 Å². The first-order valence-electron chi connectivity index (χ1n) is 8.95. The van der Waals surface area contributed by atoms with Crippen LogP contribution in [0.3, 0.4) is 0 Å². The molecular formula is C19H25FN4O2. The maximum absolute atomic E-state index is 13.7. The second-order valence-electron chi connectivity index (χ2n) is 6.69. The average Bonchev–Trinajstić information content (AvgIpc) is 3.00. The van der Waals surface area contributed by atoms with Gasteiger partial charge < -0.3 is 15.4 Å². The molecule has 6 nitrogen and oxygen atoms in total. The highest BCUT2D eigenvalue weighted by molar-refractivity contribution is 5.89. The molecule has 1 aliphatic rings. The predicted molar refractivity (Wildman–Crippen MR) is 97.8 cm³/mol. The van der Waals surface area contributed by atoms with Crippen molar-refractivity contribution in [2.24, 2.45) is 0 Å². The number of hydrogen-bond acceptors (Lipinski definition) is 3. The van der Waals surface area contributed by atoms with Crippen LogP contribution in [0.15, 0.2) is 30.5 Å². The lowest BCUT2D eigenvalue weighted by Gasteiger charge is -2.38. The zero-order chi connectivity index (χ0) is 18.6. The van der Waals surface area contributed by atoms with Crippen molar-refractivity contribution in [3.05, 3.63) is 47.5 Å². The zero-order valence-corrected chi connectivity index (χ0v) is 15.2. The Hall–Kier alpha value is -2.41. The SMILES string of the molecule is CCn1cc(NC(=O)NCC2(c3cccc(F)c3)CCOCC2)c(C)n1. The second-order valence-corrected chi connectivity index (χ2v) is 6.69. The standard InChI is InChI=1S/C19H25FN4O2/c1-3-24-12-17(14(2)23-24)22-18(25)21-13-19(7-9-26-10-8-19)15-5-4-6-16(20)11-15/h4-6,11-12H,3,7-10,13H2,1-2H3,(H2,21,22,25). The molecule has 0 spiro atoms. The van der Waals surface area contributed by atoms with E-state index in [1.165, 1.54) is 6.07 Å². The van der Waals surface area contributed by atoms with E-state index in [9.17, 15) is 9.18 Å². The van der Waals surface area contributed by atoms with Crippen molar-refractivity contribution >= 4 is 11.7 Å². The largest absolute Gasteiger partial charge is 0.381 e. The molecule has 1 aromatic carbocycles. The van der Waals surface area contributed by atoms with Crippen molar-refractivity contribution in [2.75, 3.05) is 25.1 Å². The van der Waals surface area contributed by atoms with E-state index in [4.69, 9.17) is 4.74 Å². The molecule has 0 aliphatic carbocycles. The molecule has 0 bridgehead atoms. The lowest BCUT2D eigenvalue weighted by molar-refractivity contribution is 0.0507. The Bertz CT molecular complexity index is 769. The van der Waals surface area contributed by atoms with E-state index in [0.29, 0.717) is 25.4 Å². The summed E-state index contributed by atoms with van der Waals surface area (Å²) in [4.78, 5) is 12.4. The van der Waals surface area contributed by atoms with Gasteiger partial charge in [0, 0.05) is 37.9 Å². The molecule has 0 unspecified atom stereocenters. The van der Waals surface area contributed by atoms with Gasteiger partial charge in [-0.25, -0.2) is 9.18 Å². The van der Waals surface area contributed by atoms with Crippen LogP contribution in [0.25, 0.3) is 0 Å². The molecule has 7 heteroatoms. The van der Waals surface area contributed by atoms with Gasteiger partial charge in [-0.1, -0.05) is 12.1 Å². The number of aromatic nitrogens is 2. The van der Waals surface area contributed by atoms with Crippen molar-refractivity contribution in [1.29, 1.82) is 0 Å². The monoisotopic (exact) mass is 360 g/mol. The number of amides is 2. The first-order valence-corrected chi connectivity index (χ1v) is 8.95. The van der Waals surface area contributed by atoms with Gasteiger partial charge in [0.25, 0.3) is 0 Å². The van der Waals surface area contributed by atoms with Gasteiger partial charge in [-0.05, 0) is 44.4 Å². The molecule has 0 radical (unpaired) electrons. The average molecular weight is 360 g/mol. The molecule has 2 aromatic rings. The van der Waals surface area contributed by atoms with E-state index >= 15 is 0 Å². The predicted octanol–water partition coefficient (Wildman–Crippen LogP) is 3.22. The highest BCUT2D eigenvalue weighted by Gasteiger charge is 2.35. The Balaban J connectivity index is 1.69. The fourth-order valence-corrected chi connectivity index (χ4v) is 3.37. The minimum Gasteiger partial charge on any atom is -0.381 e. The topological polar surface area (TPSA) is 68.2 Å². The second kappa shape index (κ2) is 7.86. The number of rotatable bonds is 5. The van der Waals surface area contributed by atoms with E-state index in [0.717, 1.165) is 30.6 Å². The summed E-state index contributed by atoms with van der Waals surface area (Å²) in [6.07, 6.45) is 3.29. The third-order valence-corrected chi connectivity index (χ3v) is 4.99. The van der Waals surface area contributed by atoms with Crippen molar-refractivity contribution < 1.29 is 13.9 Å². The molecule has 0 atom stereocenters. The minimum atomic E-state index is -0.319. The summed E-state index contributed by atoms with van der Waals surface area (Å²) in [7, 11) is 0. The van der Waals surface area contributed by atoms with Crippen LogP contribution in [0.2, 0.25) is 0 Å². The molecule has 3 rings (SSSR count). The third-order valence-electron chi connectivity index (χ3n) is 4.99. The number of carbonyl (C=O) groups excluding carboxylic acids is 1. The number of halogens is 1. The molecule has 2 amide bonds. The van der Waals surface area contributed by atoms with Crippen LogP contribution in [-0.4, -0.2) is 35.6 Å². The van der Waals surface area contributed by atoms with E-state index in [-0.39, 0.29) is 17.3 Å². The number of urea groups is 1. The highest BCUT2D eigenvalue weighted by Crippen LogP contribution is 2.34. The van der Waals surface area contributed by atoms with Gasteiger partial charge in [0.05, 0.1) is 11.4 Å². The van der Waals surface area contributed by atoms with Gasteiger partial charge >= 0.3 is 6.03 Å². The Labute approximate surface area is 152 Å². The van der Waals surface area contributed by atoms with E-state index < -0.39 is 0 Å². The van der Waals surface area contributed by atoms with Crippen molar-refractivity contribution in [3.8, 4) is 0 Å². The number of carbonyl (C=O) groups is 1.